The van der Waals surface area contributed by atoms with Crippen molar-refractivity contribution in [2.75, 3.05) is 17.2 Å². The third-order valence-corrected chi connectivity index (χ3v) is 2.95. The minimum absolute atomic E-state index is 0.125. The van der Waals surface area contributed by atoms with Crippen molar-refractivity contribution in [3.05, 3.63) is 41.7 Å². The molecule has 1 aromatic carbocycles. The first kappa shape index (κ1) is 14.1. The lowest BCUT2D eigenvalue weighted by Crippen LogP contribution is -2.15. The maximum absolute atomic E-state index is 12.4. The number of aryl methyl sites for hydroxylation is 2. The van der Waals surface area contributed by atoms with E-state index >= 15 is 0 Å². The number of aromatic nitrogens is 2. The number of hydrogen-bond acceptors (Lipinski definition) is 3. The lowest BCUT2D eigenvalue weighted by Gasteiger charge is -2.12. The molecule has 0 unspecified atom stereocenters. The van der Waals surface area contributed by atoms with Crippen LogP contribution < -0.4 is 10.6 Å². The lowest BCUT2D eigenvalue weighted by atomic mass is 10.1. The lowest BCUT2D eigenvalue weighted by molar-refractivity contribution is 0.102. The zero-order chi connectivity index (χ0) is 14.5. The van der Waals surface area contributed by atoms with Gasteiger partial charge < -0.3 is 10.6 Å². The molecular formula is C15H20N4O. The number of carbonyl (C=O) groups excluding carboxylic acids is 1. The molecule has 2 N–H and O–H groups in total. The van der Waals surface area contributed by atoms with Crippen molar-refractivity contribution in [2.24, 2.45) is 7.05 Å². The van der Waals surface area contributed by atoms with Gasteiger partial charge in [-0.05, 0) is 25.5 Å². The second-order valence-electron chi connectivity index (χ2n) is 4.83. The van der Waals surface area contributed by atoms with E-state index in [0.717, 1.165) is 24.2 Å². The second-order valence-corrected chi connectivity index (χ2v) is 4.83. The van der Waals surface area contributed by atoms with Crippen molar-refractivity contribution in [1.82, 2.24) is 9.78 Å². The van der Waals surface area contributed by atoms with Crippen LogP contribution in [0.15, 0.2) is 30.6 Å². The van der Waals surface area contributed by atoms with Crippen LogP contribution in [-0.2, 0) is 7.05 Å². The highest BCUT2D eigenvalue weighted by atomic mass is 16.1. The number of amides is 1. The van der Waals surface area contributed by atoms with Gasteiger partial charge in [-0.1, -0.05) is 18.6 Å². The van der Waals surface area contributed by atoms with E-state index in [2.05, 4.69) is 22.7 Å². The third-order valence-electron chi connectivity index (χ3n) is 2.95. The summed E-state index contributed by atoms with van der Waals surface area (Å²) in [6, 6.07) is 5.84. The van der Waals surface area contributed by atoms with Crippen LogP contribution in [0.2, 0.25) is 0 Å². The molecule has 0 radical (unpaired) electrons. The Morgan fingerprint density at radius 3 is 2.85 bits per heavy atom. The quantitative estimate of drug-likeness (QED) is 0.880. The summed E-state index contributed by atoms with van der Waals surface area (Å²) in [4.78, 5) is 12.4. The van der Waals surface area contributed by atoms with Crippen LogP contribution in [0.25, 0.3) is 0 Å². The molecule has 20 heavy (non-hydrogen) atoms. The van der Waals surface area contributed by atoms with Gasteiger partial charge in [0.15, 0.2) is 0 Å². The van der Waals surface area contributed by atoms with Gasteiger partial charge in [0.2, 0.25) is 0 Å². The minimum Gasteiger partial charge on any atom is -0.384 e. The highest BCUT2D eigenvalue weighted by molar-refractivity contribution is 6.08. The third kappa shape index (κ3) is 3.38. The van der Waals surface area contributed by atoms with Gasteiger partial charge in [0.25, 0.3) is 5.91 Å². The standard InChI is InChI=1S/C15H20N4O/c1-4-7-16-14-6-5-11(2)8-13(14)15(20)18-12-9-17-19(3)10-12/h5-6,8-10,16H,4,7H2,1-3H3,(H,18,20). The zero-order valence-electron chi connectivity index (χ0n) is 12.1. The molecule has 1 heterocycles. The van der Waals surface area contributed by atoms with E-state index in [4.69, 9.17) is 0 Å². The summed E-state index contributed by atoms with van der Waals surface area (Å²) >= 11 is 0. The monoisotopic (exact) mass is 272 g/mol. The average Bonchev–Trinajstić information content (AvgIpc) is 2.82. The van der Waals surface area contributed by atoms with Crippen LogP contribution in [0.5, 0.6) is 0 Å². The fourth-order valence-corrected chi connectivity index (χ4v) is 1.94. The number of rotatable bonds is 5. The van der Waals surface area contributed by atoms with Gasteiger partial charge in [-0.2, -0.15) is 5.10 Å². The van der Waals surface area contributed by atoms with Crippen LogP contribution in [0, 0.1) is 6.92 Å². The molecule has 0 aliphatic carbocycles. The van der Waals surface area contributed by atoms with E-state index in [0.29, 0.717) is 11.3 Å². The first-order valence-corrected chi connectivity index (χ1v) is 6.74. The smallest absolute Gasteiger partial charge is 0.257 e. The SMILES string of the molecule is CCCNc1ccc(C)cc1C(=O)Nc1cnn(C)c1. The average molecular weight is 272 g/mol. The molecule has 0 spiro atoms. The van der Waals surface area contributed by atoms with Gasteiger partial charge in [0, 0.05) is 25.5 Å². The summed E-state index contributed by atoms with van der Waals surface area (Å²) in [5.41, 5.74) is 3.27. The number of benzene rings is 1. The molecule has 2 aromatic rings. The van der Waals surface area contributed by atoms with E-state index in [1.165, 1.54) is 0 Å². The Hall–Kier alpha value is -2.30. The molecule has 0 aliphatic rings. The van der Waals surface area contributed by atoms with Crippen molar-refractivity contribution in [3.8, 4) is 0 Å². The van der Waals surface area contributed by atoms with Gasteiger partial charge in [-0.25, -0.2) is 0 Å². The summed E-state index contributed by atoms with van der Waals surface area (Å²) in [5, 5.41) is 10.2. The largest absolute Gasteiger partial charge is 0.384 e. The summed E-state index contributed by atoms with van der Waals surface area (Å²) in [7, 11) is 1.82. The van der Waals surface area contributed by atoms with Crippen LogP contribution in [0.3, 0.4) is 0 Å². The first-order valence-electron chi connectivity index (χ1n) is 6.74. The van der Waals surface area contributed by atoms with Crippen molar-refractivity contribution in [3.63, 3.8) is 0 Å². The highest BCUT2D eigenvalue weighted by Gasteiger charge is 2.12. The first-order chi connectivity index (χ1) is 9.60. The maximum atomic E-state index is 12.4. The second kappa shape index (κ2) is 6.23. The Morgan fingerprint density at radius 1 is 1.40 bits per heavy atom. The number of anilines is 2. The van der Waals surface area contributed by atoms with E-state index in [1.807, 2.05) is 32.2 Å². The molecule has 106 valence electrons. The molecule has 0 bridgehead atoms. The normalized spacial score (nSPS) is 10.3. The van der Waals surface area contributed by atoms with Crippen molar-refractivity contribution >= 4 is 17.3 Å². The van der Waals surface area contributed by atoms with Gasteiger partial charge >= 0.3 is 0 Å². The molecule has 0 aliphatic heterocycles. The molecule has 2 rings (SSSR count). The molecule has 5 heteroatoms. The van der Waals surface area contributed by atoms with Crippen LogP contribution in [-0.4, -0.2) is 22.2 Å². The van der Waals surface area contributed by atoms with Crippen LogP contribution in [0.1, 0.15) is 29.3 Å². The molecule has 0 saturated heterocycles. The maximum Gasteiger partial charge on any atom is 0.257 e. The summed E-state index contributed by atoms with van der Waals surface area (Å²) in [6.07, 6.45) is 4.41. The Morgan fingerprint density at radius 2 is 2.20 bits per heavy atom. The summed E-state index contributed by atoms with van der Waals surface area (Å²) in [5.74, 6) is -0.125. The molecule has 1 aromatic heterocycles. The van der Waals surface area contributed by atoms with E-state index in [9.17, 15) is 4.79 Å². The Kier molecular flexibility index (Phi) is 4.40. The number of hydrogen-bond donors (Lipinski definition) is 2. The molecular weight excluding hydrogens is 252 g/mol. The molecule has 1 amide bonds. The molecule has 0 fully saturated rings. The molecule has 5 nitrogen and oxygen atoms in total. The van der Waals surface area contributed by atoms with E-state index < -0.39 is 0 Å². The zero-order valence-corrected chi connectivity index (χ0v) is 12.1. The number of nitrogens with zero attached hydrogens (tertiary/aromatic N) is 2. The Labute approximate surface area is 119 Å². The van der Waals surface area contributed by atoms with Crippen molar-refractivity contribution in [1.29, 1.82) is 0 Å². The minimum atomic E-state index is -0.125. The fraction of sp³-hybridized carbons (Fsp3) is 0.333. The predicted molar refractivity (Wildman–Crippen MR) is 81.1 cm³/mol. The number of nitrogens with one attached hydrogen (secondary N) is 2. The Balaban J connectivity index is 2.21. The van der Waals surface area contributed by atoms with Crippen LogP contribution >= 0.6 is 0 Å². The number of carbonyl (C=O) groups is 1. The highest BCUT2D eigenvalue weighted by Crippen LogP contribution is 2.19. The van der Waals surface area contributed by atoms with E-state index in [1.54, 1.807) is 17.1 Å². The summed E-state index contributed by atoms with van der Waals surface area (Å²) in [6.45, 7) is 4.91. The van der Waals surface area contributed by atoms with E-state index in [-0.39, 0.29) is 5.91 Å². The molecule has 0 atom stereocenters. The van der Waals surface area contributed by atoms with Gasteiger partial charge in [0.1, 0.15) is 0 Å². The topological polar surface area (TPSA) is 59.0 Å². The fourth-order valence-electron chi connectivity index (χ4n) is 1.94. The van der Waals surface area contributed by atoms with Gasteiger partial charge in [-0.3, -0.25) is 9.48 Å². The van der Waals surface area contributed by atoms with Crippen molar-refractivity contribution in [2.45, 2.75) is 20.3 Å². The Bertz CT molecular complexity index is 604. The summed E-state index contributed by atoms with van der Waals surface area (Å²) < 4.78 is 1.65. The van der Waals surface area contributed by atoms with Gasteiger partial charge in [-0.15, -0.1) is 0 Å². The van der Waals surface area contributed by atoms with Crippen molar-refractivity contribution < 1.29 is 4.79 Å². The van der Waals surface area contributed by atoms with Gasteiger partial charge in [0.05, 0.1) is 17.4 Å². The van der Waals surface area contributed by atoms with Crippen LogP contribution in [0.4, 0.5) is 11.4 Å². The molecule has 0 saturated carbocycles. The predicted octanol–water partition coefficient (Wildman–Crippen LogP) is 2.80.